The largest absolute Gasteiger partial charge is 0.312 e. The van der Waals surface area contributed by atoms with Gasteiger partial charge in [-0.05, 0) is 105 Å². The zero-order valence-corrected chi connectivity index (χ0v) is 49.3. The monoisotopic (exact) mass is 1160 g/mol. The minimum Gasteiger partial charge on any atom is -0.312 e. The normalized spacial score (nSPS) is 13.6. The first-order chi connectivity index (χ1) is 45.2. The van der Waals surface area contributed by atoms with E-state index in [1.54, 1.807) is 0 Å². The van der Waals surface area contributed by atoms with E-state index >= 15 is 0 Å². The fourth-order valence-electron chi connectivity index (χ4n) is 15.3. The van der Waals surface area contributed by atoms with E-state index in [-0.39, 0.29) is 0 Å². The van der Waals surface area contributed by atoms with E-state index in [0.29, 0.717) is 34.4 Å². The molecule has 0 radical (unpaired) electrons. The molecule has 0 aliphatic heterocycles. The van der Waals surface area contributed by atoms with Gasteiger partial charge in [0.2, 0.25) is 0 Å². The summed E-state index contributed by atoms with van der Waals surface area (Å²) in [6, 6.07) is 87.6. The summed E-state index contributed by atoms with van der Waals surface area (Å²) in [5, 5.41) is 23.8. The number of benzene rings is 11. The molecular weight excluding hydrogens is 1110 g/mol. The van der Waals surface area contributed by atoms with Gasteiger partial charge in [-0.2, -0.15) is 5.26 Å². The number of nitriles is 1. The highest BCUT2D eigenvalue weighted by molar-refractivity contribution is 6.40. The molecule has 19 rings (SSSR count). The molecule has 6 heterocycles. The molecule has 17 aromatic rings. The second-order valence-corrected chi connectivity index (χ2v) is 23.9. The van der Waals surface area contributed by atoms with Crippen molar-refractivity contribution in [3.8, 4) is 51.6 Å². The molecule has 0 N–H and O–H groups in total. The molecule has 0 atom stereocenters. The van der Waals surface area contributed by atoms with Gasteiger partial charge in [0.25, 0.3) is 0 Å². The van der Waals surface area contributed by atoms with Crippen LogP contribution in [0.15, 0.2) is 273 Å². The molecule has 0 bridgehead atoms. The van der Waals surface area contributed by atoms with E-state index in [0.717, 1.165) is 152 Å². The number of para-hydroxylation sites is 7. The molecule has 426 valence electrons. The number of rotatable bonds is 8. The van der Waals surface area contributed by atoms with Gasteiger partial charge in [-0.3, -0.25) is 0 Å². The van der Waals surface area contributed by atoms with Crippen molar-refractivity contribution in [3.63, 3.8) is 0 Å². The number of hydrogen-bond donors (Lipinski definition) is 0. The molecule has 0 saturated heterocycles. The third-order valence-electron chi connectivity index (χ3n) is 19.0. The fraction of sp³-hybridized carbons (Fsp3) is 0.0488. The lowest BCUT2D eigenvalue weighted by Crippen LogP contribution is -2.08. The van der Waals surface area contributed by atoms with Crippen LogP contribution in [0.25, 0.3) is 166 Å². The Kier molecular flexibility index (Phi) is 11.2. The first-order valence-corrected chi connectivity index (χ1v) is 31.3. The molecule has 2 aliphatic carbocycles. The quantitative estimate of drug-likeness (QED) is 0.152. The van der Waals surface area contributed by atoms with Crippen LogP contribution in [0.3, 0.4) is 0 Å². The topological polar surface area (TPSA) is 87.1 Å². The summed E-state index contributed by atoms with van der Waals surface area (Å²) in [6.45, 7) is 0. The van der Waals surface area contributed by atoms with Gasteiger partial charge in [0.15, 0.2) is 17.5 Å². The van der Waals surface area contributed by atoms with Gasteiger partial charge in [0, 0.05) is 87.6 Å². The Morgan fingerprint density at radius 3 is 1.41 bits per heavy atom. The molecule has 0 amide bonds. The summed E-state index contributed by atoms with van der Waals surface area (Å²) in [7, 11) is 0. The van der Waals surface area contributed by atoms with Crippen LogP contribution in [-0.2, 0) is 0 Å². The van der Waals surface area contributed by atoms with E-state index < -0.39 is 0 Å². The predicted octanol–water partition coefficient (Wildman–Crippen LogP) is 20.5. The van der Waals surface area contributed by atoms with Crippen molar-refractivity contribution in [2.45, 2.75) is 25.7 Å². The Morgan fingerprint density at radius 2 is 0.824 bits per heavy atom. The molecule has 9 heteroatoms. The zero-order chi connectivity index (χ0) is 59.8. The number of allylic oxidation sites excluding steroid dienone is 8. The van der Waals surface area contributed by atoms with Gasteiger partial charge >= 0.3 is 0 Å². The van der Waals surface area contributed by atoms with Gasteiger partial charge in [-0.25, -0.2) is 15.0 Å². The third-order valence-corrected chi connectivity index (χ3v) is 19.0. The lowest BCUT2D eigenvalue weighted by Gasteiger charge is -2.19. The lowest BCUT2D eigenvalue weighted by atomic mass is 10.0. The van der Waals surface area contributed by atoms with E-state index in [2.05, 4.69) is 284 Å². The van der Waals surface area contributed by atoms with Crippen LogP contribution in [0.1, 0.15) is 37.1 Å². The van der Waals surface area contributed by atoms with Crippen molar-refractivity contribution < 1.29 is 0 Å². The maximum Gasteiger partial charge on any atom is 0.164 e. The van der Waals surface area contributed by atoms with E-state index in [1.807, 2.05) is 18.2 Å². The van der Waals surface area contributed by atoms with Crippen molar-refractivity contribution in [1.29, 1.82) is 5.26 Å². The summed E-state index contributed by atoms with van der Waals surface area (Å²) in [5.41, 5.74) is 18.3. The van der Waals surface area contributed by atoms with Crippen molar-refractivity contribution in [2.24, 2.45) is 0 Å². The molecule has 91 heavy (non-hydrogen) atoms. The molecule has 6 aromatic heterocycles. The summed E-state index contributed by atoms with van der Waals surface area (Å²) < 4.78 is 12.2. The summed E-state index contributed by atoms with van der Waals surface area (Å²) in [6.07, 6.45) is 17.0. The average Bonchev–Trinajstić information content (AvgIpc) is 1.51. The minimum atomic E-state index is 0.494. The van der Waals surface area contributed by atoms with Crippen molar-refractivity contribution in [1.82, 2.24) is 37.8 Å². The van der Waals surface area contributed by atoms with Gasteiger partial charge in [-0.1, -0.05) is 194 Å². The van der Waals surface area contributed by atoms with Crippen LogP contribution in [0, 0.1) is 11.3 Å². The van der Waals surface area contributed by atoms with Gasteiger partial charge < -0.3 is 22.8 Å². The fourth-order valence-corrected chi connectivity index (χ4v) is 15.3. The van der Waals surface area contributed by atoms with Gasteiger partial charge in [-0.15, -0.1) is 0 Å². The van der Waals surface area contributed by atoms with Crippen LogP contribution in [0.4, 0.5) is 0 Å². The Balaban J connectivity index is 1.05. The predicted molar refractivity (Wildman–Crippen MR) is 375 cm³/mol. The Bertz CT molecular complexity index is 6130. The van der Waals surface area contributed by atoms with Crippen LogP contribution in [0.2, 0.25) is 0 Å². The maximum atomic E-state index is 12.8. The summed E-state index contributed by atoms with van der Waals surface area (Å²) >= 11 is 0. The first kappa shape index (κ1) is 51.0. The SMILES string of the molecule is N#Cc1c(-n2c3ccccc3c3ccc4c(c5ccccc5n4-c4ccccc4)c32)cc(-c2nc(C3=CCCC=C3)nc(-c3ccccc3)n2)cc1-n1c2ccccc2c2c3c(c4ccccc4n3C3=CC=CCC3)c3c(c4ccccc4n3-c3ccccc3)c21. The molecule has 0 spiro atoms. The standard InChI is InChI=1S/C82H53N9/c83-50-63-70(90-64-41-21-16-36-57(64)58-46-47-69-72(76(58)90)59-37-17-22-42-65(59)87(69)54-30-10-3-11-31-54)48-53(82-85-80(51-26-6-1-7-27-51)84-81(86-82)52-28-8-2-9-29-52)49-71(63)91-68-45-25-20-40-62(68)75-78-73(60-38-18-23-43-66(60)88(78)55-32-12-4-13-33-55)77-74(79(75)91)61-39-19-24-44-67(61)89(77)56-34-14-5-15-35-56/h1,3-8,10-12,14-32,34-49H,2,9,13,33H2. The molecule has 0 fully saturated rings. The van der Waals surface area contributed by atoms with E-state index in [1.165, 1.54) is 16.5 Å². The maximum absolute atomic E-state index is 12.8. The van der Waals surface area contributed by atoms with Crippen molar-refractivity contribution >= 4 is 120 Å². The van der Waals surface area contributed by atoms with E-state index in [9.17, 15) is 5.26 Å². The van der Waals surface area contributed by atoms with Crippen LogP contribution in [0.5, 0.6) is 0 Å². The van der Waals surface area contributed by atoms with Crippen LogP contribution < -0.4 is 0 Å². The highest BCUT2D eigenvalue weighted by Gasteiger charge is 2.32. The minimum absolute atomic E-state index is 0.494. The smallest absolute Gasteiger partial charge is 0.164 e. The van der Waals surface area contributed by atoms with Gasteiger partial charge in [0.1, 0.15) is 11.6 Å². The average molecular weight is 1160 g/mol. The molecule has 0 unspecified atom stereocenters. The molecule has 11 aromatic carbocycles. The second-order valence-electron chi connectivity index (χ2n) is 23.9. The molecule has 9 nitrogen and oxygen atoms in total. The molecule has 0 saturated carbocycles. The first-order valence-electron chi connectivity index (χ1n) is 31.3. The van der Waals surface area contributed by atoms with Crippen molar-refractivity contribution in [3.05, 3.63) is 284 Å². The Morgan fingerprint density at radius 1 is 0.352 bits per heavy atom. The number of aromatic nitrogens is 8. The third kappa shape index (κ3) is 7.42. The molecule has 2 aliphatic rings. The Labute approximate surface area is 522 Å². The van der Waals surface area contributed by atoms with Crippen LogP contribution in [-0.4, -0.2) is 37.8 Å². The second kappa shape index (κ2) is 20.0. The van der Waals surface area contributed by atoms with Crippen molar-refractivity contribution in [2.75, 3.05) is 0 Å². The Hall–Kier alpha value is -12.1. The number of hydrogen-bond acceptors (Lipinski definition) is 4. The van der Waals surface area contributed by atoms with Crippen LogP contribution >= 0.6 is 0 Å². The number of fused-ring (bicyclic) bond motifs is 19. The molecular formula is C82H53N9. The summed E-state index contributed by atoms with van der Waals surface area (Å²) in [4.78, 5) is 16.3. The highest BCUT2D eigenvalue weighted by Crippen LogP contribution is 2.52. The van der Waals surface area contributed by atoms with E-state index in [4.69, 9.17) is 15.0 Å². The zero-order valence-electron chi connectivity index (χ0n) is 49.3. The number of nitrogens with zero attached hydrogens (tertiary/aromatic N) is 9. The lowest BCUT2D eigenvalue weighted by molar-refractivity contribution is 0.980. The highest BCUT2D eigenvalue weighted by atomic mass is 15.1. The summed E-state index contributed by atoms with van der Waals surface area (Å²) in [5.74, 6) is 1.65. The van der Waals surface area contributed by atoms with Gasteiger partial charge in [0.05, 0.1) is 66.5 Å².